The third-order valence-electron chi connectivity index (χ3n) is 9.39. The second-order valence-electron chi connectivity index (χ2n) is 13.6. The smallest absolute Gasteiger partial charge is 0.184 e. The van der Waals surface area contributed by atoms with Crippen LogP contribution in [-0.4, -0.2) is 34.6 Å². The van der Waals surface area contributed by atoms with Gasteiger partial charge in [0.25, 0.3) is 0 Å². The lowest BCUT2D eigenvalue weighted by molar-refractivity contribution is -0.166. The number of rotatable bonds is 4. The first-order chi connectivity index (χ1) is 13.7. The van der Waals surface area contributed by atoms with Crippen LogP contribution in [0, 0.1) is 34.5 Å². The minimum absolute atomic E-state index is 0.302. The fourth-order valence-corrected chi connectivity index (χ4v) is 10.5. The predicted octanol–water partition coefficient (Wildman–Crippen LogP) is 6.65. The topological polar surface area (TPSA) is 35.5 Å². The summed E-state index contributed by atoms with van der Waals surface area (Å²) in [5, 5.41) is 0. The van der Waals surface area contributed by atoms with Crippen molar-refractivity contribution >= 4 is 22.4 Å². The number of carbonyl (C=O) groups excluding carboxylic acids is 1. The highest BCUT2D eigenvalue weighted by molar-refractivity contribution is 6.70. The molecule has 30 heavy (non-hydrogen) atoms. The van der Waals surface area contributed by atoms with Gasteiger partial charge in [0.2, 0.25) is 0 Å². The Balaban J connectivity index is 1.68. The fourth-order valence-electron chi connectivity index (χ4n) is 8.14. The van der Waals surface area contributed by atoms with Gasteiger partial charge in [-0.15, -0.1) is 0 Å². The van der Waals surface area contributed by atoms with E-state index in [-0.39, 0.29) is 0 Å². The van der Waals surface area contributed by atoms with Gasteiger partial charge in [0.15, 0.2) is 16.6 Å². The minimum Gasteiger partial charge on any atom is -0.414 e. The lowest BCUT2D eigenvalue weighted by Crippen LogP contribution is -2.60. The Bertz CT molecular complexity index is 681. The molecule has 0 saturated heterocycles. The van der Waals surface area contributed by atoms with E-state index >= 15 is 0 Å². The van der Waals surface area contributed by atoms with Crippen molar-refractivity contribution in [3.63, 3.8) is 0 Å². The average molecular weight is 451 g/mol. The first-order valence-corrected chi connectivity index (χ1v) is 19.4. The van der Waals surface area contributed by atoms with Crippen LogP contribution in [0.2, 0.25) is 39.3 Å². The van der Waals surface area contributed by atoms with Gasteiger partial charge < -0.3 is 8.85 Å². The van der Waals surface area contributed by atoms with Crippen LogP contribution in [0.1, 0.15) is 65.2 Å². The van der Waals surface area contributed by atoms with Crippen molar-refractivity contribution in [3.05, 3.63) is 0 Å². The van der Waals surface area contributed by atoms with Gasteiger partial charge in [-0.1, -0.05) is 13.8 Å². The minimum atomic E-state index is -1.65. The fraction of sp³-hybridized carbons (Fsp3) is 0.960. The summed E-state index contributed by atoms with van der Waals surface area (Å²) in [5.74, 6) is 3.11. The molecule has 4 aliphatic carbocycles. The van der Waals surface area contributed by atoms with E-state index in [1.54, 1.807) is 0 Å². The summed E-state index contributed by atoms with van der Waals surface area (Å²) >= 11 is 0. The van der Waals surface area contributed by atoms with Crippen LogP contribution in [0.4, 0.5) is 0 Å². The highest BCUT2D eigenvalue weighted by Crippen LogP contribution is 2.67. The predicted molar refractivity (Wildman–Crippen MR) is 129 cm³/mol. The summed E-state index contributed by atoms with van der Waals surface area (Å²) in [5.41, 5.74) is 0.632. The molecule has 0 radical (unpaired) electrons. The van der Waals surface area contributed by atoms with E-state index in [4.69, 9.17) is 8.85 Å². The van der Waals surface area contributed by atoms with Crippen molar-refractivity contribution < 1.29 is 13.6 Å². The van der Waals surface area contributed by atoms with Gasteiger partial charge in [0.1, 0.15) is 5.78 Å². The number of ketones is 1. The maximum Gasteiger partial charge on any atom is 0.184 e. The molecule has 4 fully saturated rings. The average Bonchev–Trinajstić information content (AvgIpc) is 2.90. The largest absolute Gasteiger partial charge is 0.414 e. The van der Waals surface area contributed by atoms with E-state index < -0.39 is 16.6 Å². The Morgan fingerprint density at radius 2 is 1.47 bits per heavy atom. The van der Waals surface area contributed by atoms with Gasteiger partial charge in [-0.2, -0.15) is 0 Å². The van der Waals surface area contributed by atoms with Crippen LogP contribution in [0.5, 0.6) is 0 Å². The van der Waals surface area contributed by atoms with E-state index in [0.29, 0.717) is 46.6 Å². The SMILES string of the molecule is C[C@]12CCC(=O)C[C@@H]1C[C@@H](O[Si](C)(C)C)[C@@H]1[C@@H]2CC[C@]2(C)[C@@H](O[Si](C)(C)C)CC[C@@H]12. The molecule has 0 aliphatic heterocycles. The Morgan fingerprint density at radius 3 is 2.10 bits per heavy atom. The number of hydrogen-bond acceptors (Lipinski definition) is 3. The van der Waals surface area contributed by atoms with Crippen LogP contribution < -0.4 is 0 Å². The first kappa shape index (κ1) is 23.2. The van der Waals surface area contributed by atoms with E-state index in [9.17, 15) is 4.79 Å². The molecule has 4 saturated carbocycles. The molecule has 3 nitrogen and oxygen atoms in total. The molecule has 5 heteroatoms. The van der Waals surface area contributed by atoms with E-state index in [0.717, 1.165) is 31.6 Å². The molecule has 0 heterocycles. The second kappa shape index (κ2) is 7.53. The lowest BCUT2D eigenvalue weighted by atomic mass is 9.44. The Labute approximate surface area is 187 Å². The summed E-state index contributed by atoms with van der Waals surface area (Å²) < 4.78 is 13.8. The highest BCUT2D eigenvalue weighted by atomic mass is 28.4. The molecule has 4 rings (SSSR count). The second-order valence-corrected chi connectivity index (χ2v) is 22.5. The van der Waals surface area contributed by atoms with Gasteiger partial charge in [-0.25, -0.2) is 0 Å². The monoisotopic (exact) mass is 450 g/mol. The molecule has 8 atom stereocenters. The standard InChI is InChI=1S/C25H46O3Si2/c1-24-13-11-18(26)15-17(24)16-21(27-29(3,4)5)23-19-9-10-22(28-30(6,7)8)25(19,2)14-12-20(23)24/h17,19-23H,9-16H2,1-8H3/t17-,19+,20+,21-,22+,23+,24+,25+/m1/s1. The van der Waals surface area contributed by atoms with Crippen molar-refractivity contribution in [2.24, 2.45) is 34.5 Å². The normalized spacial score (nSPS) is 46.9. The van der Waals surface area contributed by atoms with Crippen LogP contribution in [0.25, 0.3) is 0 Å². The number of fused-ring (bicyclic) bond motifs is 5. The lowest BCUT2D eigenvalue weighted by Gasteiger charge is -2.62. The maximum atomic E-state index is 12.4. The van der Waals surface area contributed by atoms with Crippen molar-refractivity contribution in [3.8, 4) is 0 Å². The summed E-state index contributed by atoms with van der Waals surface area (Å²) in [7, 11) is -3.21. The number of carbonyl (C=O) groups is 1. The molecule has 0 aromatic heterocycles. The summed E-state index contributed by atoms with van der Waals surface area (Å²) in [4.78, 5) is 12.4. The van der Waals surface area contributed by atoms with E-state index in [2.05, 4.69) is 53.1 Å². The molecule has 0 bridgehead atoms. The molecule has 0 unspecified atom stereocenters. The maximum absolute atomic E-state index is 12.4. The molecular formula is C25H46O3Si2. The zero-order chi connectivity index (χ0) is 22.1. The quantitative estimate of drug-likeness (QED) is 0.450. The van der Waals surface area contributed by atoms with Gasteiger partial charge >= 0.3 is 0 Å². The number of hydrogen-bond donors (Lipinski definition) is 0. The van der Waals surface area contributed by atoms with Crippen molar-refractivity contribution in [2.75, 3.05) is 0 Å². The molecule has 172 valence electrons. The van der Waals surface area contributed by atoms with Crippen molar-refractivity contribution in [1.82, 2.24) is 0 Å². The van der Waals surface area contributed by atoms with Crippen molar-refractivity contribution in [2.45, 2.75) is 117 Å². The Kier molecular flexibility index (Phi) is 5.82. The zero-order valence-electron chi connectivity index (χ0n) is 20.8. The van der Waals surface area contributed by atoms with Crippen LogP contribution in [0.3, 0.4) is 0 Å². The summed E-state index contributed by atoms with van der Waals surface area (Å²) in [6.07, 6.45) is 9.73. The molecule has 0 aromatic carbocycles. The molecule has 0 amide bonds. The van der Waals surface area contributed by atoms with Gasteiger partial charge in [-0.3, -0.25) is 4.79 Å². The zero-order valence-corrected chi connectivity index (χ0v) is 22.8. The van der Waals surface area contributed by atoms with Crippen LogP contribution >= 0.6 is 0 Å². The highest BCUT2D eigenvalue weighted by Gasteiger charge is 2.63. The van der Waals surface area contributed by atoms with Crippen LogP contribution in [0.15, 0.2) is 0 Å². The molecule has 0 spiro atoms. The van der Waals surface area contributed by atoms with Gasteiger partial charge in [-0.05, 0) is 112 Å². The van der Waals surface area contributed by atoms with Gasteiger partial charge in [0, 0.05) is 18.9 Å². The number of Topliss-reactive ketones (excluding diaryl/α,β-unsaturated/α-hetero) is 1. The molecule has 0 aromatic rings. The third kappa shape index (κ3) is 4.06. The van der Waals surface area contributed by atoms with E-state index in [1.165, 1.54) is 25.7 Å². The van der Waals surface area contributed by atoms with Crippen molar-refractivity contribution in [1.29, 1.82) is 0 Å². The molecule has 4 aliphatic rings. The Morgan fingerprint density at radius 1 is 0.833 bits per heavy atom. The third-order valence-corrected chi connectivity index (χ3v) is 11.4. The van der Waals surface area contributed by atoms with E-state index in [1.807, 2.05) is 0 Å². The first-order valence-electron chi connectivity index (χ1n) is 12.6. The Hall–Kier alpha value is 0.0238. The van der Waals surface area contributed by atoms with Crippen LogP contribution in [-0.2, 0) is 13.6 Å². The van der Waals surface area contributed by atoms with Gasteiger partial charge in [0.05, 0.1) is 6.10 Å². The molecular weight excluding hydrogens is 404 g/mol. The summed E-state index contributed by atoms with van der Waals surface area (Å²) in [6, 6.07) is 0. The molecule has 0 N–H and O–H groups in total. The summed E-state index contributed by atoms with van der Waals surface area (Å²) in [6.45, 7) is 19.2.